The number of aryl methyl sites for hydroxylation is 3. The first-order valence-electron chi connectivity index (χ1n) is 9.21. The molecule has 136 valence electrons. The first-order valence-corrected chi connectivity index (χ1v) is 9.21. The van der Waals surface area contributed by atoms with Gasteiger partial charge in [-0.25, -0.2) is 4.98 Å². The number of aromatic amines is 1. The van der Waals surface area contributed by atoms with Crippen LogP contribution in [0.3, 0.4) is 0 Å². The highest BCUT2D eigenvalue weighted by atomic mass is 16.5. The molecule has 1 saturated heterocycles. The quantitative estimate of drug-likeness (QED) is 0.898. The fourth-order valence-corrected chi connectivity index (χ4v) is 3.83. The van der Waals surface area contributed by atoms with Crippen LogP contribution >= 0.6 is 0 Å². The first-order chi connectivity index (χ1) is 12.6. The number of fused-ring (bicyclic) bond motifs is 1. The van der Waals surface area contributed by atoms with Gasteiger partial charge in [-0.1, -0.05) is 6.07 Å². The predicted octanol–water partition coefficient (Wildman–Crippen LogP) is 2.17. The summed E-state index contributed by atoms with van der Waals surface area (Å²) in [5.41, 5.74) is 3.79. The van der Waals surface area contributed by atoms with E-state index in [0.717, 1.165) is 18.4 Å². The van der Waals surface area contributed by atoms with Crippen molar-refractivity contribution in [2.75, 3.05) is 19.7 Å². The van der Waals surface area contributed by atoms with Gasteiger partial charge in [0.15, 0.2) is 0 Å². The molecular weight excluding hydrogens is 330 g/mol. The van der Waals surface area contributed by atoms with Crippen molar-refractivity contribution in [1.82, 2.24) is 14.9 Å². The Morgan fingerprint density at radius 2 is 2.04 bits per heavy atom. The van der Waals surface area contributed by atoms with E-state index in [4.69, 9.17) is 4.74 Å². The molecule has 6 nitrogen and oxygen atoms in total. The third kappa shape index (κ3) is 3.42. The summed E-state index contributed by atoms with van der Waals surface area (Å²) in [6.07, 6.45) is 4.22. The van der Waals surface area contributed by atoms with E-state index in [2.05, 4.69) is 22.1 Å². The number of hydrogen-bond donors (Lipinski definition) is 1. The van der Waals surface area contributed by atoms with Gasteiger partial charge in [0.2, 0.25) is 0 Å². The Hall–Kier alpha value is -2.47. The van der Waals surface area contributed by atoms with Gasteiger partial charge in [0.25, 0.3) is 11.5 Å². The van der Waals surface area contributed by atoms with Gasteiger partial charge in [-0.3, -0.25) is 9.59 Å². The van der Waals surface area contributed by atoms with Gasteiger partial charge >= 0.3 is 0 Å². The van der Waals surface area contributed by atoms with Crippen LogP contribution in [0.5, 0.6) is 0 Å². The third-order valence-electron chi connectivity index (χ3n) is 5.16. The topological polar surface area (TPSA) is 75.3 Å². The number of carbonyl (C=O) groups excluding carboxylic acids is 1. The SMILES string of the molecule is Cc1nc([C@@H]2CN(C(=O)c3ccc4c(c3)CCCC4)CCO2)cc(=O)[nH]1. The molecule has 0 saturated carbocycles. The molecule has 0 spiro atoms. The maximum Gasteiger partial charge on any atom is 0.254 e. The van der Waals surface area contributed by atoms with Gasteiger partial charge < -0.3 is 14.6 Å². The second kappa shape index (κ2) is 7.03. The number of nitrogens with one attached hydrogen (secondary N) is 1. The van der Waals surface area contributed by atoms with Crippen LogP contribution < -0.4 is 5.56 Å². The Bertz CT molecular complexity index is 890. The van der Waals surface area contributed by atoms with Crippen molar-refractivity contribution >= 4 is 5.91 Å². The van der Waals surface area contributed by atoms with Crippen molar-refractivity contribution < 1.29 is 9.53 Å². The number of H-pyrrole nitrogens is 1. The fraction of sp³-hybridized carbons (Fsp3) is 0.450. The molecule has 0 radical (unpaired) electrons. The highest BCUT2D eigenvalue weighted by molar-refractivity contribution is 5.94. The zero-order chi connectivity index (χ0) is 18.1. The van der Waals surface area contributed by atoms with Gasteiger partial charge in [0.05, 0.1) is 18.8 Å². The molecule has 0 bridgehead atoms. The van der Waals surface area contributed by atoms with E-state index in [0.29, 0.717) is 31.2 Å². The summed E-state index contributed by atoms with van der Waals surface area (Å²) in [6.45, 7) is 3.14. The molecule has 2 heterocycles. The minimum Gasteiger partial charge on any atom is -0.368 e. The second-order valence-corrected chi connectivity index (χ2v) is 7.06. The minimum atomic E-state index is -0.369. The van der Waals surface area contributed by atoms with Crippen molar-refractivity contribution in [3.8, 4) is 0 Å². The molecule has 1 aliphatic heterocycles. The van der Waals surface area contributed by atoms with Gasteiger partial charge in [-0.05, 0) is 55.9 Å². The van der Waals surface area contributed by atoms with E-state index in [-0.39, 0.29) is 17.6 Å². The van der Waals surface area contributed by atoms with E-state index >= 15 is 0 Å². The number of hydrogen-bond acceptors (Lipinski definition) is 4. The largest absolute Gasteiger partial charge is 0.368 e. The summed E-state index contributed by atoms with van der Waals surface area (Å²) in [5, 5.41) is 0. The summed E-state index contributed by atoms with van der Waals surface area (Å²) in [4.78, 5) is 33.5. The number of carbonyl (C=O) groups is 1. The van der Waals surface area contributed by atoms with Crippen LogP contribution in [0, 0.1) is 6.92 Å². The van der Waals surface area contributed by atoms with Crippen LogP contribution in [0.1, 0.15) is 51.9 Å². The van der Waals surface area contributed by atoms with E-state index in [9.17, 15) is 9.59 Å². The normalized spacial score (nSPS) is 19.9. The van der Waals surface area contributed by atoms with E-state index in [1.54, 1.807) is 11.8 Å². The molecule has 1 aliphatic carbocycles. The molecule has 1 aromatic carbocycles. The Kier molecular flexibility index (Phi) is 4.59. The number of morpholine rings is 1. The molecule has 26 heavy (non-hydrogen) atoms. The Morgan fingerprint density at radius 3 is 2.85 bits per heavy atom. The molecule has 4 rings (SSSR count). The fourth-order valence-electron chi connectivity index (χ4n) is 3.83. The van der Waals surface area contributed by atoms with Crippen LogP contribution in [0.15, 0.2) is 29.1 Å². The molecular formula is C20H23N3O3. The molecule has 1 amide bonds. The Labute approximate surface area is 152 Å². The average molecular weight is 353 g/mol. The number of aromatic nitrogens is 2. The summed E-state index contributed by atoms with van der Waals surface area (Å²) < 4.78 is 5.77. The molecule has 6 heteroatoms. The molecule has 1 fully saturated rings. The Balaban J connectivity index is 1.54. The van der Waals surface area contributed by atoms with Crippen LogP contribution in [-0.4, -0.2) is 40.5 Å². The summed E-state index contributed by atoms with van der Waals surface area (Å²) >= 11 is 0. The van der Waals surface area contributed by atoms with Gasteiger partial charge in [-0.15, -0.1) is 0 Å². The Morgan fingerprint density at radius 1 is 1.23 bits per heavy atom. The molecule has 1 aromatic heterocycles. The van der Waals surface area contributed by atoms with Crippen LogP contribution in [0.25, 0.3) is 0 Å². The summed E-state index contributed by atoms with van der Waals surface area (Å²) in [5.74, 6) is 0.572. The van der Waals surface area contributed by atoms with Crippen molar-refractivity contribution in [2.24, 2.45) is 0 Å². The number of amides is 1. The molecule has 0 unspecified atom stereocenters. The number of ether oxygens (including phenoxy) is 1. The van der Waals surface area contributed by atoms with Gasteiger partial charge in [0.1, 0.15) is 11.9 Å². The lowest BCUT2D eigenvalue weighted by Gasteiger charge is -2.33. The number of benzene rings is 1. The van der Waals surface area contributed by atoms with Crippen molar-refractivity contribution in [3.05, 3.63) is 62.8 Å². The van der Waals surface area contributed by atoms with Crippen LogP contribution in [0.2, 0.25) is 0 Å². The molecule has 1 N–H and O–H groups in total. The van der Waals surface area contributed by atoms with Crippen LogP contribution in [0.4, 0.5) is 0 Å². The lowest BCUT2D eigenvalue weighted by molar-refractivity contribution is -0.0249. The van der Waals surface area contributed by atoms with Crippen molar-refractivity contribution in [1.29, 1.82) is 0 Å². The lowest BCUT2D eigenvalue weighted by atomic mass is 9.90. The second-order valence-electron chi connectivity index (χ2n) is 7.06. The van der Waals surface area contributed by atoms with Crippen LogP contribution in [-0.2, 0) is 17.6 Å². The van der Waals surface area contributed by atoms with E-state index < -0.39 is 0 Å². The van der Waals surface area contributed by atoms with Gasteiger partial charge in [-0.2, -0.15) is 0 Å². The predicted molar refractivity (Wildman–Crippen MR) is 97.3 cm³/mol. The minimum absolute atomic E-state index is 0.0215. The monoisotopic (exact) mass is 353 g/mol. The smallest absolute Gasteiger partial charge is 0.254 e. The molecule has 2 aromatic rings. The zero-order valence-corrected chi connectivity index (χ0v) is 15.0. The highest BCUT2D eigenvalue weighted by Crippen LogP contribution is 2.25. The first kappa shape index (κ1) is 17.0. The maximum atomic E-state index is 13.0. The third-order valence-corrected chi connectivity index (χ3v) is 5.16. The van der Waals surface area contributed by atoms with Crippen molar-refractivity contribution in [3.63, 3.8) is 0 Å². The van der Waals surface area contributed by atoms with E-state index in [1.165, 1.54) is 30.0 Å². The lowest BCUT2D eigenvalue weighted by Crippen LogP contribution is -2.42. The zero-order valence-electron chi connectivity index (χ0n) is 15.0. The molecule has 1 atom stereocenters. The highest BCUT2D eigenvalue weighted by Gasteiger charge is 2.28. The number of nitrogens with zero attached hydrogens (tertiary/aromatic N) is 2. The van der Waals surface area contributed by atoms with E-state index in [1.807, 2.05) is 6.07 Å². The summed E-state index contributed by atoms with van der Waals surface area (Å²) in [6, 6.07) is 7.54. The maximum absolute atomic E-state index is 13.0. The van der Waals surface area contributed by atoms with Gasteiger partial charge in [0, 0.05) is 18.2 Å². The standard InChI is InChI=1S/C20H23N3O3/c1-13-21-17(11-19(24)22-13)18-12-23(8-9-26-18)20(25)16-7-6-14-4-2-3-5-15(14)10-16/h6-7,10-11,18H,2-5,8-9,12H2,1H3,(H,21,22,24)/t18-/m0/s1. The average Bonchev–Trinajstić information content (AvgIpc) is 2.66. The van der Waals surface area contributed by atoms with Crippen molar-refractivity contribution in [2.45, 2.75) is 38.7 Å². The number of rotatable bonds is 2. The summed E-state index contributed by atoms with van der Waals surface area (Å²) in [7, 11) is 0. The molecule has 2 aliphatic rings.